The van der Waals surface area contributed by atoms with Gasteiger partial charge in [0.2, 0.25) is 0 Å². The molecule has 1 nitrogen and oxygen atoms in total. The van der Waals surface area contributed by atoms with Gasteiger partial charge in [0.05, 0.1) is 6.61 Å². The van der Waals surface area contributed by atoms with Crippen LogP contribution >= 0.6 is 0 Å². The van der Waals surface area contributed by atoms with E-state index in [9.17, 15) is 0 Å². The predicted octanol–water partition coefficient (Wildman–Crippen LogP) is 12.7. The highest BCUT2D eigenvalue weighted by atomic mass is 16.5. The minimum absolute atomic E-state index is 0.766. The fourth-order valence-corrected chi connectivity index (χ4v) is 7.64. The molecule has 39 heavy (non-hydrogen) atoms. The van der Waals surface area contributed by atoms with Crippen molar-refractivity contribution in [3.8, 4) is 5.75 Å². The highest BCUT2D eigenvalue weighted by Crippen LogP contribution is 2.40. The summed E-state index contributed by atoms with van der Waals surface area (Å²) in [6.45, 7) is 7.86. The predicted molar refractivity (Wildman–Crippen MR) is 172 cm³/mol. The molecule has 3 rings (SSSR count). The van der Waals surface area contributed by atoms with E-state index in [1.54, 1.807) is 5.56 Å². The van der Waals surface area contributed by atoms with Crippen LogP contribution in [0, 0.1) is 24.7 Å². The van der Waals surface area contributed by atoms with Crippen LogP contribution in [-0.4, -0.2) is 6.61 Å². The third-order valence-electron chi connectivity index (χ3n) is 10.4. The topological polar surface area (TPSA) is 9.23 Å². The van der Waals surface area contributed by atoms with Crippen LogP contribution in [0.4, 0.5) is 0 Å². The molecule has 1 aromatic rings. The first kappa shape index (κ1) is 32.5. The first-order valence-electron chi connectivity index (χ1n) is 17.9. The minimum Gasteiger partial charge on any atom is -0.493 e. The smallest absolute Gasteiger partial charge is 0.119 e. The number of unbranched alkanes of at least 4 members (excludes halogenated alkanes) is 12. The van der Waals surface area contributed by atoms with Crippen LogP contribution in [0.2, 0.25) is 0 Å². The van der Waals surface area contributed by atoms with Crippen molar-refractivity contribution in [3.63, 3.8) is 0 Å². The molecule has 0 N–H and O–H groups in total. The van der Waals surface area contributed by atoms with E-state index in [0.29, 0.717) is 0 Å². The summed E-state index contributed by atoms with van der Waals surface area (Å²) in [6, 6.07) is 7.02. The number of benzene rings is 1. The van der Waals surface area contributed by atoms with Crippen LogP contribution in [0.5, 0.6) is 5.75 Å². The Kier molecular flexibility index (Phi) is 16.7. The molecule has 0 saturated heterocycles. The van der Waals surface area contributed by atoms with Gasteiger partial charge in [-0.3, -0.25) is 0 Å². The summed E-state index contributed by atoms with van der Waals surface area (Å²) in [5, 5.41) is 0. The molecule has 2 aliphatic rings. The molecule has 0 aliphatic heterocycles. The fraction of sp³-hybridized carbons (Fsp3) is 0.842. The second-order valence-electron chi connectivity index (χ2n) is 13.8. The zero-order valence-corrected chi connectivity index (χ0v) is 26.6. The Morgan fingerprint density at radius 1 is 0.564 bits per heavy atom. The molecule has 2 saturated carbocycles. The highest BCUT2D eigenvalue weighted by Gasteiger charge is 2.24. The molecular weight excluding hydrogens is 472 g/mol. The second kappa shape index (κ2) is 20.0. The standard InChI is InChI=1S/C38H66O/c1-4-6-8-10-12-14-16-18-33-20-22-35(23-21-33)31-39-37-28-29-38(32(3)30-37)36-26-24-34(25-27-36)19-17-15-13-11-9-7-5-2/h28-30,33-36H,4-27,31H2,1-3H3. The summed E-state index contributed by atoms with van der Waals surface area (Å²) < 4.78 is 6.35. The van der Waals surface area contributed by atoms with Crippen LogP contribution in [-0.2, 0) is 0 Å². The molecule has 1 heteroatoms. The summed E-state index contributed by atoms with van der Waals surface area (Å²) in [6.07, 6.45) is 34.4. The van der Waals surface area contributed by atoms with E-state index in [-0.39, 0.29) is 0 Å². The monoisotopic (exact) mass is 539 g/mol. The third-order valence-corrected chi connectivity index (χ3v) is 10.4. The van der Waals surface area contributed by atoms with Crippen LogP contribution in [0.3, 0.4) is 0 Å². The first-order chi connectivity index (χ1) is 19.2. The van der Waals surface area contributed by atoms with Crippen molar-refractivity contribution in [1.82, 2.24) is 0 Å². The molecule has 2 aliphatic carbocycles. The Morgan fingerprint density at radius 2 is 1.03 bits per heavy atom. The lowest BCUT2D eigenvalue weighted by molar-refractivity contribution is 0.177. The first-order valence-corrected chi connectivity index (χ1v) is 17.9. The van der Waals surface area contributed by atoms with Gasteiger partial charge in [0.25, 0.3) is 0 Å². The summed E-state index contributed by atoms with van der Waals surface area (Å²) in [5.41, 5.74) is 3.06. The van der Waals surface area contributed by atoms with E-state index in [2.05, 4.69) is 39.0 Å². The van der Waals surface area contributed by atoms with Crippen molar-refractivity contribution < 1.29 is 4.74 Å². The van der Waals surface area contributed by atoms with E-state index in [1.807, 2.05) is 0 Å². The third kappa shape index (κ3) is 13.0. The van der Waals surface area contributed by atoms with Crippen molar-refractivity contribution >= 4 is 0 Å². The molecule has 1 aromatic carbocycles. The summed E-state index contributed by atoms with van der Waals surface area (Å²) in [4.78, 5) is 0. The number of hydrogen-bond donors (Lipinski definition) is 0. The Labute approximate surface area is 244 Å². The fourth-order valence-electron chi connectivity index (χ4n) is 7.64. The Balaban J connectivity index is 1.26. The SMILES string of the molecule is CCCCCCCCCC1CCC(COc2ccc(C3CCC(CCCCCCCCC)CC3)c(C)c2)CC1. The normalized spacial score (nSPS) is 23.7. The number of rotatable bonds is 20. The molecule has 0 spiro atoms. The Hall–Kier alpha value is -0.980. The molecule has 0 aromatic heterocycles. The van der Waals surface area contributed by atoms with Gasteiger partial charge in [0.1, 0.15) is 5.75 Å². The second-order valence-corrected chi connectivity index (χ2v) is 13.8. The van der Waals surface area contributed by atoms with Gasteiger partial charge in [-0.2, -0.15) is 0 Å². The van der Waals surface area contributed by atoms with E-state index in [4.69, 9.17) is 4.74 Å². The van der Waals surface area contributed by atoms with Gasteiger partial charge < -0.3 is 4.74 Å². The van der Waals surface area contributed by atoms with Gasteiger partial charge >= 0.3 is 0 Å². The van der Waals surface area contributed by atoms with Crippen molar-refractivity contribution in [1.29, 1.82) is 0 Å². The van der Waals surface area contributed by atoms with Gasteiger partial charge in [0, 0.05) is 0 Å². The molecule has 0 radical (unpaired) electrons. The van der Waals surface area contributed by atoms with Gasteiger partial charge in [0.15, 0.2) is 0 Å². The lowest BCUT2D eigenvalue weighted by Gasteiger charge is -2.30. The molecule has 224 valence electrons. The Morgan fingerprint density at radius 3 is 1.54 bits per heavy atom. The maximum Gasteiger partial charge on any atom is 0.119 e. The van der Waals surface area contributed by atoms with E-state index in [1.165, 1.54) is 160 Å². The number of hydrogen-bond acceptors (Lipinski definition) is 1. The lowest BCUT2D eigenvalue weighted by atomic mass is 9.76. The average molecular weight is 539 g/mol. The van der Waals surface area contributed by atoms with Crippen molar-refractivity contribution in [2.75, 3.05) is 6.61 Å². The van der Waals surface area contributed by atoms with Crippen molar-refractivity contribution in [3.05, 3.63) is 29.3 Å². The van der Waals surface area contributed by atoms with E-state index >= 15 is 0 Å². The largest absolute Gasteiger partial charge is 0.493 e. The minimum atomic E-state index is 0.766. The van der Waals surface area contributed by atoms with Crippen molar-refractivity contribution in [2.24, 2.45) is 17.8 Å². The average Bonchev–Trinajstić information content (AvgIpc) is 2.96. The zero-order valence-electron chi connectivity index (χ0n) is 26.6. The van der Waals surface area contributed by atoms with E-state index < -0.39 is 0 Å². The maximum atomic E-state index is 6.35. The van der Waals surface area contributed by atoms with Crippen LogP contribution in [0.15, 0.2) is 18.2 Å². The lowest BCUT2D eigenvalue weighted by Crippen LogP contribution is -2.20. The Bertz CT molecular complexity index is 722. The van der Waals surface area contributed by atoms with Gasteiger partial charge in [-0.15, -0.1) is 0 Å². The molecular formula is C38H66O. The van der Waals surface area contributed by atoms with Gasteiger partial charge in [-0.1, -0.05) is 135 Å². The quantitative estimate of drug-likeness (QED) is 0.150. The van der Waals surface area contributed by atoms with Gasteiger partial charge in [-0.05, 0) is 92.4 Å². The molecule has 0 bridgehead atoms. The molecule has 0 heterocycles. The molecule has 2 fully saturated rings. The van der Waals surface area contributed by atoms with Crippen molar-refractivity contribution in [2.45, 2.75) is 181 Å². The van der Waals surface area contributed by atoms with Crippen LogP contribution in [0.1, 0.15) is 185 Å². The number of aryl methyl sites for hydroxylation is 1. The van der Waals surface area contributed by atoms with E-state index in [0.717, 1.165) is 36.0 Å². The zero-order chi connectivity index (χ0) is 27.5. The molecule has 0 atom stereocenters. The highest BCUT2D eigenvalue weighted by molar-refractivity contribution is 5.37. The number of ether oxygens (including phenoxy) is 1. The maximum absolute atomic E-state index is 6.35. The summed E-state index contributed by atoms with van der Waals surface area (Å²) in [5.74, 6) is 4.63. The summed E-state index contributed by atoms with van der Waals surface area (Å²) in [7, 11) is 0. The molecule has 0 amide bonds. The van der Waals surface area contributed by atoms with Crippen LogP contribution < -0.4 is 4.74 Å². The van der Waals surface area contributed by atoms with Gasteiger partial charge in [-0.25, -0.2) is 0 Å². The molecule has 0 unspecified atom stereocenters. The summed E-state index contributed by atoms with van der Waals surface area (Å²) >= 11 is 0. The van der Waals surface area contributed by atoms with Crippen LogP contribution in [0.25, 0.3) is 0 Å².